The summed E-state index contributed by atoms with van der Waals surface area (Å²) >= 11 is 0. The van der Waals surface area contributed by atoms with Gasteiger partial charge >= 0.3 is 0 Å². The molecule has 0 aliphatic rings. The molecule has 9 nitrogen and oxygen atoms in total. The molecular formula is C22H22N4O5S. The van der Waals surface area contributed by atoms with E-state index in [1.807, 2.05) is 42.5 Å². The second kappa shape index (κ2) is 8.21. The Kier molecular flexibility index (Phi) is 5.57. The van der Waals surface area contributed by atoms with Gasteiger partial charge in [-0.1, -0.05) is 18.2 Å². The van der Waals surface area contributed by atoms with Crippen LogP contribution in [0, 0.1) is 0 Å². The molecule has 0 aliphatic heterocycles. The number of aromatic nitrogens is 3. The lowest BCUT2D eigenvalue weighted by Gasteiger charge is -2.24. The normalized spacial score (nSPS) is 13.7. The van der Waals surface area contributed by atoms with Gasteiger partial charge in [0, 0.05) is 29.9 Å². The first-order valence-corrected chi connectivity index (χ1v) is 11.7. The Labute approximate surface area is 184 Å². The standard InChI is InChI=1S/C22H22N4O5S/c1-22(21(27)25-28,32(2,29)30)9-11-26-14-18-13-17(7-8-19(18)24-26)15-3-5-16(6-4-15)20-23-10-12-31-20/h3-8,10,12-14,28H,9,11H2,1-2H3,(H,25,27)/t22-/m1/s1. The van der Waals surface area contributed by atoms with E-state index in [-0.39, 0.29) is 13.0 Å². The monoisotopic (exact) mass is 454 g/mol. The van der Waals surface area contributed by atoms with Crippen molar-refractivity contribution in [2.24, 2.45) is 0 Å². The summed E-state index contributed by atoms with van der Waals surface area (Å²) < 4.78 is 29.4. The topological polar surface area (TPSA) is 127 Å². The molecule has 0 saturated heterocycles. The van der Waals surface area contributed by atoms with Gasteiger partial charge in [-0.25, -0.2) is 18.9 Å². The van der Waals surface area contributed by atoms with Gasteiger partial charge in [0.25, 0.3) is 5.91 Å². The minimum Gasteiger partial charge on any atom is -0.445 e. The van der Waals surface area contributed by atoms with Crippen LogP contribution >= 0.6 is 0 Å². The fraction of sp³-hybridized carbons (Fsp3) is 0.227. The van der Waals surface area contributed by atoms with Crippen molar-refractivity contribution in [3.8, 4) is 22.6 Å². The number of carbonyl (C=O) groups is 1. The molecule has 0 fully saturated rings. The number of carbonyl (C=O) groups excluding carboxylic acids is 1. The second-order valence-electron chi connectivity index (χ2n) is 7.77. The SMILES string of the molecule is C[C@@](CCn1cc2cc(-c3ccc(-c4ncco4)cc3)ccc2n1)(C(=O)NO)S(C)(=O)=O. The first kappa shape index (κ1) is 21.7. The minimum absolute atomic E-state index is 0.0403. The second-order valence-corrected chi connectivity index (χ2v) is 10.2. The zero-order chi connectivity index (χ0) is 22.9. The third-order valence-corrected chi connectivity index (χ3v) is 7.69. The summed E-state index contributed by atoms with van der Waals surface area (Å²) in [6.07, 6.45) is 5.87. The summed E-state index contributed by atoms with van der Waals surface area (Å²) in [4.78, 5) is 16.1. The molecule has 2 aromatic heterocycles. The number of oxazole rings is 1. The third kappa shape index (κ3) is 4.02. The number of amides is 1. The molecule has 1 atom stereocenters. The molecule has 0 unspecified atom stereocenters. The highest BCUT2D eigenvalue weighted by Gasteiger charge is 2.43. The van der Waals surface area contributed by atoms with Crippen LogP contribution < -0.4 is 5.48 Å². The van der Waals surface area contributed by atoms with Crippen LogP contribution in [0.25, 0.3) is 33.5 Å². The summed E-state index contributed by atoms with van der Waals surface area (Å²) in [5, 5.41) is 14.3. The summed E-state index contributed by atoms with van der Waals surface area (Å²) in [7, 11) is -3.76. The van der Waals surface area contributed by atoms with Crippen molar-refractivity contribution < 1.29 is 22.8 Å². The van der Waals surface area contributed by atoms with Crippen molar-refractivity contribution in [2.45, 2.75) is 24.6 Å². The first-order valence-electron chi connectivity index (χ1n) is 9.83. The largest absolute Gasteiger partial charge is 0.445 e. The van der Waals surface area contributed by atoms with E-state index in [9.17, 15) is 13.2 Å². The van der Waals surface area contributed by atoms with Gasteiger partial charge in [0.1, 0.15) is 6.26 Å². The molecule has 2 N–H and O–H groups in total. The van der Waals surface area contributed by atoms with Gasteiger partial charge in [0.2, 0.25) is 5.89 Å². The number of nitrogens with zero attached hydrogens (tertiary/aromatic N) is 3. The molecule has 4 rings (SSSR count). The van der Waals surface area contributed by atoms with Gasteiger partial charge in [-0.05, 0) is 48.7 Å². The van der Waals surface area contributed by atoms with Crippen molar-refractivity contribution in [1.82, 2.24) is 20.2 Å². The molecule has 4 aromatic rings. The Balaban J connectivity index is 1.56. The lowest BCUT2D eigenvalue weighted by molar-refractivity contribution is -0.131. The smallest absolute Gasteiger partial charge is 0.264 e. The molecule has 0 bridgehead atoms. The fourth-order valence-electron chi connectivity index (χ4n) is 3.46. The van der Waals surface area contributed by atoms with Crippen molar-refractivity contribution in [3.63, 3.8) is 0 Å². The van der Waals surface area contributed by atoms with Gasteiger partial charge in [0.05, 0.1) is 11.7 Å². The minimum atomic E-state index is -3.76. The fourth-order valence-corrected chi connectivity index (χ4v) is 4.30. The molecule has 0 aliphatic carbocycles. The zero-order valence-electron chi connectivity index (χ0n) is 17.5. The van der Waals surface area contributed by atoms with Crippen molar-refractivity contribution in [2.75, 3.05) is 6.26 Å². The Hall–Kier alpha value is -3.50. The number of hydroxylamine groups is 1. The van der Waals surface area contributed by atoms with Crippen LogP contribution in [-0.4, -0.2) is 45.3 Å². The summed E-state index contributed by atoms with van der Waals surface area (Å²) in [5.41, 5.74) is 5.10. The Bertz CT molecular complexity index is 1360. The summed E-state index contributed by atoms with van der Waals surface area (Å²) in [6, 6.07) is 13.7. The number of fused-ring (bicyclic) bond motifs is 1. The third-order valence-electron chi connectivity index (χ3n) is 5.67. The molecule has 32 heavy (non-hydrogen) atoms. The van der Waals surface area contributed by atoms with E-state index in [2.05, 4.69) is 10.1 Å². The van der Waals surface area contributed by atoms with E-state index < -0.39 is 20.5 Å². The van der Waals surface area contributed by atoms with Gasteiger partial charge in [-0.15, -0.1) is 0 Å². The first-order chi connectivity index (χ1) is 15.2. The highest BCUT2D eigenvalue weighted by atomic mass is 32.2. The number of sulfone groups is 1. The maximum Gasteiger partial charge on any atom is 0.264 e. The van der Waals surface area contributed by atoms with Crippen LogP contribution in [0.4, 0.5) is 0 Å². The molecule has 1 amide bonds. The zero-order valence-corrected chi connectivity index (χ0v) is 18.3. The van der Waals surface area contributed by atoms with Crippen molar-refractivity contribution in [1.29, 1.82) is 0 Å². The quantitative estimate of drug-likeness (QED) is 0.324. The van der Waals surface area contributed by atoms with Gasteiger partial charge in [0.15, 0.2) is 14.6 Å². The molecule has 0 radical (unpaired) electrons. The number of nitrogens with one attached hydrogen (secondary N) is 1. The highest BCUT2D eigenvalue weighted by Crippen LogP contribution is 2.27. The Morgan fingerprint density at radius 1 is 1.16 bits per heavy atom. The predicted octanol–water partition coefficient (Wildman–Crippen LogP) is 3.06. The van der Waals surface area contributed by atoms with Gasteiger partial charge < -0.3 is 4.42 Å². The number of benzene rings is 2. The average molecular weight is 455 g/mol. The lowest BCUT2D eigenvalue weighted by atomic mass is 10.0. The average Bonchev–Trinajstić information content (AvgIpc) is 3.45. The van der Waals surface area contributed by atoms with Gasteiger partial charge in [-0.3, -0.25) is 14.7 Å². The number of hydrogen-bond acceptors (Lipinski definition) is 7. The van der Waals surface area contributed by atoms with E-state index in [1.165, 1.54) is 18.7 Å². The molecule has 166 valence electrons. The molecule has 0 spiro atoms. The van der Waals surface area contributed by atoms with Crippen LogP contribution in [-0.2, 0) is 21.2 Å². The van der Waals surface area contributed by atoms with E-state index in [4.69, 9.17) is 9.62 Å². The maximum absolute atomic E-state index is 12.1. The highest BCUT2D eigenvalue weighted by molar-refractivity contribution is 7.92. The van der Waals surface area contributed by atoms with E-state index in [0.29, 0.717) is 5.89 Å². The number of hydrogen-bond donors (Lipinski definition) is 2. The molecule has 10 heteroatoms. The molecular weight excluding hydrogens is 432 g/mol. The Morgan fingerprint density at radius 2 is 1.84 bits per heavy atom. The van der Waals surface area contributed by atoms with Crippen LogP contribution in [0.2, 0.25) is 0 Å². The molecule has 2 aromatic carbocycles. The lowest BCUT2D eigenvalue weighted by Crippen LogP contribution is -2.49. The van der Waals surface area contributed by atoms with Crippen LogP contribution in [0.3, 0.4) is 0 Å². The summed E-state index contributed by atoms with van der Waals surface area (Å²) in [5.74, 6) is -0.406. The van der Waals surface area contributed by atoms with Crippen LogP contribution in [0.5, 0.6) is 0 Å². The predicted molar refractivity (Wildman–Crippen MR) is 118 cm³/mol. The molecule has 2 heterocycles. The van der Waals surface area contributed by atoms with E-state index in [0.717, 1.165) is 33.8 Å². The number of rotatable bonds is 7. The Morgan fingerprint density at radius 3 is 2.47 bits per heavy atom. The van der Waals surface area contributed by atoms with Gasteiger partial charge in [-0.2, -0.15) is 5.10 Å². The van der Waals surface area contributed by atoms with E-state index in [1.54, 1.807) is 17.1 Å². The maximum atomic E-state index is 12.1. The number of aryl methyl sites for hydroxylation is 1. The van der Waals surface area contributed by atoms with Crippen LogP contribution in [0.1, 0.15) is 13.3 Å². The molecule has 0 saturated carbocycles. The van der Waals surface area contributed by atoms with Crippen LogP contribution in [0.15, 0.2) is 65.5 Å². The summed E-state index contributed by atoms with van der Waals surface area (Å²) in [6.45, 7) is 1.48. The van der Waals surface area contributed by atoms with E-state index >= 15 is 0 Å². The van der Waals surface area contributed by atoms with Crippen molar-refractivity contribution >= 4 is 26.6 Å². The van der Waals surface area contributed by atoms with Crippen molar-refractivity contribution in [3.05, 3.63) is 61.1 Å².